The minimum absolute atomic E-state index is 0.00696. The van der Waals surface area contributed by atoms with Crippen LogP contribution in [0.1, 0.15) is 11.7 Å². The molecule has 0 aliphatic rings. The number of ether oxygens (including phenoxy) is 2. The van der Waals surface area contributed by atoms with Crippen molar-refractivity contribution in [1.82, 2.24) is 10.1 Å². The van der Waals surface area contributed by atoms with Crippen molar-refractivity contribution in [3.05, 3.63) is 46.1 Å². The summed E-state index contributed by atoms with van der Waals surface area (Å²) in [5.41, 5.74) is 0.00696. The molecule has 0 aliphatic carbocycles. The van der Waals surface area contributed by atoms with Crippen LogP contribution < -0.4 is 4.74 Å². The molecule has 0 unspecified atom stereocenters. The van der Waals surface area contributed by atoms with E-state index in [1.54, 1.807) is 0 Å². The molecule has 0 N–H and O–H groups in total. The van der Waals surface area contributed by atoms with Gasteiger partial charge in [0.25, 0.3) is 11.6 Å². The number of non-ortho nitro benzene ring substituents is 1. The number of methoxy groups -OCH3 is 1. The van der Waals surface area contributed by atoms with E-state index in [4.69, 9.17) is 14.0 Å². The minimum Gasteiger partial charge on any atom is -0.484 e. The maximum Gasteiger partial charge on any atom is 0.269 e. The Bertz CT molecular complexity index is 552. The normalized spacial score (nSPS) is 10.4. The molecule has 0 saturated heterocycles. The summed E-state index contributed by atoms with van der Waals surface area (Å²) < 4.78 is 15.1. The van der Waals surface area contributed by atoms with Gasteiger partial charge in [-0.15, -0.1) is 0 Å². The molecule has 2 rings (SSSR count). The van der Waals surface area contributed by atoms with E-state index in [1.807, 2.05) is 0 Å². The van der Waals surface area contributed by atoms with E-state index in [-0.39, 0.29) is 18.9 Å². The first-order valence-electron chi connectivity index (χ1n) is 5.36. The van der Waals surface area contributed by atoms with Gasteiger partial charge in [-0.1, -0.05) is 5.16 Å². The molecule has 8 heteroatoms. The molecule has 0 radical (unpaired) electrons. The standard InChI is InChI=1S/C11H11N3O5/c1-17-6-10-12-11(19-13-10)7-18-9-4-2-8(3-5-9)14(15)16/h2-5H,6-7H2,1H3. The lowest BCUT2D eigenvalue weighted by Gasteiger charge is -2.01. The van der Waals surface area contributed by atoms with Crippen molar-refractivity contribution in [3.8, 4) is 5.75 Å². The Kier molecular flexibility index (Phi) is 4.04. The molecular weight excluding hydrogens is 254 g/mol. The van der Waals surface area contributed by atoms with E-state index < -0.39 is 4.92 Å². The van der Waals surface area contributed by atoms with E-state index in [0.29, 0.717) is 17.5 Å². The van der Waals surface area contributed by atoms with Crippen LogP contribution in [0.3, 0.4) is 0 Å². The van der Waals surface area contributed by atoms with Gasteiger partial charge in [-0.3, -0.25) is 10.1 Å². The van der Waals surface area contributed by atoms with Crippen LogP contribution in [0.15, 0.2) is 28.8 Å². The maximum absolute atomic E-state index is 10.5. The highest BCUT2D eigenvalue weighted by Gasteiger charge is 2.08. The topological polar surface area (TPSA) is 101 Å². The Balaban J connectivity index is 1.92. The summed E-state index contributed by atoms with van der Waals surface area (Å²) in [4.78, 5) is 14.0. The van der Waals surface area contributed by atoms with Crippen LogP contribution in [0.2, 0.25) is 0 Å². The zero-order chi connectivity index (χ0) is 13.7. The van der Waals surface area contributed by atoms with Crippen LogP contribution in [-0.4, -0.2) is 22.2 Å². The number of benzene rings is 1. The van der Waals surface area contributed by atoms with Crippen LogP contribution in [0.5, 0.6) is 5.75 Å². The van der Waals surface area contributed by atoms with Gasteiger partial charge in [0.1, 0.15) is 12.4 Å². The molecule has 0 saturated carbocycles. The predicted molar refractivity (Wildman–Crippen MR) is 62.4 cm³/mol. The van der Waals surface area contributed by atoms with Gasteiger partial charge in [0, 0.05) is 19.2 Å². The van der Waals surface area contributed by atoms with Crippen molar-refractivity contribution in [2.24, 2.45) is 0 Å². The molecule has 100 valence electrons. The maximum atomic E-state index is 10.5. The van der Waals surface area contributed by atoms with Crippen molar-refractivity contribution in [1.29, 1.82) is 0 Å². The summed E-state index contributed by atoms with van der Waals surface area (Å²) >= 11 is 0. The fourth-order valence-electron chi connectivity index (χ4n) is 1.35. The average Bonchev–Trinajstić information content (AvgIpc) is 2.85. The van der Waals surface area contributed by atoms with Crippen LogP contribution in [-0.2, 0) is 18.0 Å². The largest absolute Gasteiger partial charge is 0.484 e. The van der Waals surface area contributed by atoms with Crippen LogP contribution >= 0.6 is 0 Å². The van der Waals surface area contributed by atoms with Gasteiger partial charge < -0.3 is 14.0 Å². The number of nitro groups is 1. The summed E-state index contributed by atoms with van der Waals surface area (Å²) in [7, 11) is 1.53. The number of nitro benzene ring substituents is 1. The molecular formula is C11H11N3O5. The van der Waals surface area contributed by atoms with E-state index >= 15 is 0 Å². The summed E-state index contributed by atoms with van der Waals surface area (Å²) in [6, 6.07) is 5.73. The molecule has 0 aliphatic heterocycles. The lowest BCUT2D eigenvalue weighted by atomic mass is 10.3. The van der Waals surface area contributed by atoms with Gasteiger partial charge in [0.15, 0.2) is 12.4 Å². The van der Waals surface area contributed by atoms with Crippen LogP contribution in [0.25, 0.3) is 0 Å². The number of nitrogens with zero attached hydrogens (tertiary/aromatic N) is 3. The van der Waals surface area contributed by atoms with Gasteiger partial charge in [-0.25, -0.2) is 0 Å². The Labute approximate surface area is 108 Å². The third-order valence-corrected chi connectivity index (χ3v) is 2.19. The van der Waals surface area contributed by atoms with Gasteiger partial charge in [0.05, 0.1) is 4.92 Å². The lowest BCUT2D eigenvalue weighted by Crippen LogP contribution is -1.97. The van der Waals surface area contributed by atoms with Crippen LogP contribution in [0.4, 0.5) is 5.69 Å². The molecule has 2 aromatic rings. The second-order valence-electron chi connectivity index (χ2n) is 3.58. The average molecular weight is 265 g/mol. The fourth-order valence-corrected chi connectivity index (χ4v) is 1.35. The number of hydrogen-bond acceptors (Lipinski definition) is 7. The number of hydrogen-bond donors (Lipinski definition) is 0. The summed E-state index contributed by atoms with van der Waals surface area (Å²) in [5.74, 6) is 1.23. The quantitative estimate of drug-likeness (QED) is 0.578. The molecule has 1 aromatic carbocycles. The van der Waals surface area contributed by atoms with E-state index in [2.05, 4.69) is 10.1 Å². The zero-order valence-corrected chi connectivity index (χ0v) is 10.1. The molecule has 8 nitrogen and oxygen atoms in total. The molecule has 1 heterocycles. The Morgan fingerprint density at radius 3 is 2.68 bits per heavy atom. The lowest BCUT2D eigenvalue weighted by molar-refractivity contribution is -0.384. The van der Waals surface area contributed by atoms with E-state index in [9.17, 15) is 10.1 Å². The monoisotopic (exact) mass is 265 g/mol. The second kappa shape index (κ2) is 5.91. The SMILES string of the molecule is COCc1noc(COc2ccc([N+](=O)[O-])cc2)n1. The minimum atomic E-state index is -0.473. The van der Waals surface area contributed by atoms with Crippen LogP contribution in [0, 0.1) is 10.1 Å². The molecule has 1 aromatic heterocycles. The molecule has 0 amide bonds. The van der Waals surface area contributed by atoms with Gasteiger partial charge in [-0.2, -0.15) is 4.98 Å². The first-order chi connectivity index (χ1) is 9.19. The first kappa shape index (κ1) is 13.0. The van der Waals surface area contributed by atoms with Crippen molar-refractivity contribution >= 4 is 5.69 Å². The third kappa shape index (κ3) is 3.49. The highest BCUT2D eigenvalue weighted by Crippen LogP contribution is 2.18. The summed E-state index contributed by atoms with van der Waals surface area (Å²) in [5, 5.41) is 14.2. The molecule has 0 fully saturated rings. The first-order valence-corrected chi connectivity index (χ1v) is 5.36. The molecule has 0 bridgehead atoms. The smallest absolute Gasteiger partial charge is 0.269 e. The van der Waals surface area contributed by atoms with Gasteiger partial charge >= 0.3 is 0 Å². The Morgan fingerprint density at radius 2 is 2.05 bits per heavy atom. The molecule has 19 heavy (non-hydrogen) atoms. The highest BCUT2D eigenvalue weighted by atomic mass is 16.6. The van der Waals surface area contributed by atoms with Gasteiger partial charge in [-0.05, 0) is 12.1 Å². The molecule has 0 spiro atoms. The Morgan fingerprint density at radius 1 is 1.32 bits per heavy atom. The predicted octanol–water partition coefficient (Wildman–Crippen LogP) is 1.70. The zero-order valence-electron chi connectivity index (χ0n) is 10.1. The number of aromatic nitrogens is 2. The number of rotatable bonds is 6. The highest BCUT2D eigenvalue weighted by molar-refractivity contribution is 5.35. The Hall–Kier alpha value is -2.48. The molecule has 0 atom stereocenters. The van der Waals surface area contributed by atoms with E-state index in [1.165, 1.54) is 31.4 Å². The van der Waals surface area contributed by atoms with Gasteiger partial charge in [0.2, 0.25) is 0 Å². The fraction of sp³-hybridized carbons (Fsp3) is 0.273. The van der Waals surface area contributed by atoms with Crippen molar-refractivity contribution < 1.29 is 18.9 Å². The van der Waals surface area contributed by atoms with Crippen molar-refractivity contribution in [2.75, 3.05) is 7.11 Å². The summed E-state index contributed by atoms with van der Waals surface area (Å²) in [6.07, 6.45) is 0. The van der Waals surface area contributed by atoms with Crippen molar-refractivity contribution in [2.45, 2.75) is 13.2 Å². The van der Waals surface area contributed by atoms with E-state index in [0.717, 1.165) is 0 Å². The second-order valence-corrected chi connectivity index (χ2v) is 3.58. The third-order valence-electron chi connectivity index (χ3n) is 2.19. The van der Waals surface area contributed by atoms with Crippen molar-refractivity contribution in [3.63, 3.8) is 0 Å². The summed E-state index contributed by atoms with van der Waals surface area (Å²) in [6.45, 7) is 0.357.